The number of benzene rings is 2. The molecule has 0 spiro atoms. The molecule has 2 N–H and O–H groups in total. The Labute approximate surface area is 151 Å². The number of hydrogen-bond donors (Lipinski definition) is 2. The first-order valence-corrected chi connectivity index (χ1v) is 9.46. The molecule has 6 heteroatoms. The van der Waals surface area contributed by atoms with E-state index in [1.807, 2.05) is 11.8 Å². The van der Waals surface area contributed by atoms with Crippen molar-refractivity contribution in [1.82, 2.24) is 5.32 Å². The van der Waals surface area contributed by atoms with E-state index in [1.54, 1.807) is 24.3 Å². The predicted octanol–water partition coefficient (Wildman–Crippen LogP) is 4.21. The van der Waals surface area contributed by atoms with Gasteiger partial charge in [0.2, 0.25) is 0 Å². The van der Waals surface area contributed by atoms with Gasteiger partial charge in [0.05, 0.1) is 0 Å². The zero-order valence-corrected chi connectivity index (χ0v) is 14.9. The summed E-state index contributed by atoms with van der Waals surface area (Å²) in [5, 5.41) is 6.29. The quantitative estimate of drug-likeness (QED) is 0.857. The topological polar surface area (TPSA) is 44.4 Å². The minimum Gasteiger partial charge on any atom is -0.370 e. The average molecular weight is 362 g/mol. The molecule has 0 saturated carbocycles. The molecule has 0 atom stereocenters. The number of nitrogens with one attached hydrogen (secondary N) is 2. The fraction of sp³-hybridized carbons (Fsp3) is 0.278. The average Bonchev–Trinajstić information content (AvgIpc) is 2.63. The lowest BCUT2D eigenvalue weighted by Gasteiger charge is -2.28. The lowest BCUT2D eigenvalue weighted by molar-refractivity contribution is 0.251. The van der Waals surface area contributed by atoms with Crippen LogP contribution in [0.25, 0.3) is 0 Å². The van der Waals surface area contributed by atoms with Gasteiger partial charge in [0.15, 0.2) is 0 Å². The van der Waals surface area contributed by atoms with Crippen molar-refractivity contribution in [3.05, 3.63) is 59.1 Å². The molecule has 24 heavy (non-hydrogen) atoms. The van der Waals surface area contributed by atoms with E-state index in [0.717, 1.165) is 24.3 Å². The molecule has 3 rings (SSSR count). The predicted molar refractivity (Wildman–Crippen MR) is 103 cm³/mol. The zero-order valence-electron chi connectivity index (χ0n) is 13.3. The summed E-state index contributed by atoms with van der Waals surface area (Å²) in [4.78, 5) is 14.3. The smallest absolute Gasteiger partial charge is 0.319 e. The second kappa shape index (κ2) is 8.31. The molecular formula is C18H20ClN3OS. The number of rotatable bonds is 4. The number of anilines is 2. The van der Waals surface area contributed by atoms with E-state index in [-0.39, 0.29) is 6.03 Å². The van der Waals surface area contributed by atoms with Gasteiger partial charge >= 0.3 is 6.03 Å². The molecule has 0 unspecified atom stereocenters. The van der Waals surface area contributed by atoms with Crippen molar-refractivity contribution >= 4 is 40.8 Å². The van der Waals surface area contributed by atoms with Crippen LogP contribution in [-0.4, -0.2) is 30.6 Å². The third-order valence-electron chi connectivity index (χ3n) is 3.87. The standard InChI is InChI=1S/C18H20ClN3OS/c19-15-3-5-16(6-4-15)21-18(23)20-13-14-1-7-17(8-2-14)22-9-11-24-12-10-22/h1-8H,9-13H2,(H2,20,21,23). The van der Waals surface area contributed by atoms with Gasteiger partial charge < -0.3 is 15.5 Å². The Morgan fingerprint density at radius 1 is 1.04 bits per heavy atom. The molecule has 1 aliphatic rings. The second-order valence-electron chi connectivity index (χ2n) is 5.58. The first-order chi connectivity index (χ1) is 11.7. The van der Waals surface area contributed by atoms with Gasteiger partial charge in [-0.05, 0) is 42.0 Å². The fourth-order valence-electron chi connectivity index (χ4n) is 2.54. The van der Waals surface area contributed by atoms with Crippen molar-refractivity contribution in [3.63, 3.8) is 0 Å². The molecule has 1 fully saturated rings. The van der Waals surface area contributed by atoms with Crippen LogP contribution in [0, 0.1) is 0 Å². The van der Waals surface area contributed by atoms with Crippen molar-refractivity contribution in [2.75, 3.05) is 34.8 Å². The number of nitrogens with zero attached hydrogens (tertiary/aromatic N) is 1. The monoisotopic (exact) mass is 361 g/mol. The maximum absolute atomic E-state index is 11.9. The van der Waals surface area contributed by atoms with Crippen molar-refractivity contribution in [2.45, 2.75) is 6.54 Å². The third-order valence-corrected chi connectivity index (χ3v) is 5.06. The lowest BCUT2D eigenvalue weighted by atomic mass is 10.2. The summed E-state index contributed by atoms with van der Waals surface area (Å²) in [6.07, 6.45) is 0. The molecule has 0 bridgehead atoms. The summed E-state index contributed by atoms with van der Waals surface area (Å²) in [7, 11) is 0. The van der Waals surface area contributed by atoms with Crippen molar-refractivity contribution < 1.29 is 4.79 Å². The summed E-state index contributed by atoms with van der Waals surface area (Å²) in [6, 6.07) is 15.2. The van der Waals surface area contributed by atoms with Crippen molar-refractivity contribution in [3.8, 4) is 0 Å². The second-order valence-corrected chi connectivity index (χ2v) is 7.24. The van der Waals surface area contributed by atoms with Crippen LogP contribution in [0.4, 0.5) is 16.2 Å². The SMILES string of the molecule is O=C(NCc1ccc(N2CCSCC2)cc1)Nc1ccc(Cl)cc1. The highest BCUT2D eigenvalue weighted by molar-refractivity contribution is 7.99. The number of halogens is 1. The fourth-order valence-corrected chi connectivity index (χ4v) is 3.57. The number of carbonyl (C=O) groups is 1. The number of urea groups is 1. The zero-order chi connectivity index (χ0) is 16.8. The van der Waals surface area contributed by atoms with Gasteiger partial charge in [-0.3, -0.25) is 0 Å². The Morgan fingerprint density at radius 2 is 1.71 bits per heavy atom. The number of carbonyl (C=O) groups excluding carboxylic acids is 1. The highest BCUT2D eigenvalue weighted by Crippen LogP contribution is 2.20. The Morgan fingerprint density at radius 3 is 2.38 bits per heavy atom. The first kappa shape index (κ1) is 17.0. The summed E-state index contributed by atoms with van der Waals surface area (Å²) >= 11 is 7.83. The van der Waals surface area contributed by atoms with Gasteiger partial charge in [0.1, 0.15) is 0 Å². The summed E-state index contributed by atoms with van der Waals surface area (Å²) in [6.45, 7) is 2.70. The van der Waals surface area contributed by atoms with E-state index in [9.17, 15) is 4.79 Å². The highest BCUT2D eigenvalue weighted by atomic mass is 35.5. The molecule has 0 aromatic heterocycles. The van der Waals surface area contributed by atoms with Gasteiger partial charge in [0.25, 0.3) is 0 Å². The van der Waals surface area contributed by atoms with E-state index in [0.29, 0.717) is 11.6 Å². The number of thioether (sulfide) groups is 1. The third kappa shape index (κ3) is 4.82. The first-order valence-electron chi connectivity index (χ1n) is 7.93. The Hall–Kier alpha value is -1.85. The minimum atomic E-state index is -0.227. The van der Waals surface area contributed by atoms with Gasteiger partial charge in [0, 0.05) is 47.5 Å². The van der Waals surface area contributed by atoms with Crippen LogP contribution in [0.3, 0.4) is 0 Å². The van der Waals surface area contributed by atoms with Crippen LogP contribution in [0.15, 0.2) is 48.5 Å². The number of amides is 2. The molecule has 1 saturated heterocycles. The van der Waals surface area contributed by atoms with Crippen LogP contribution >= 0.6 is 23.4 Å². The van der Waals surface area contributed by atoms with E-state index < -0.39 is 0 Å². The summed E-state index contributed by atoms with van der Waals surface area (Å²) in [5.41, 5.74) is 3.05. The lowest BCUT2D eigenvalue weighted by Crippen LogP contribution is -2.32. The minimum absolute atomic E-state index is 0.227. The van der Waals surface area contributed by atoms with E-state index in [4.69, 9.17) is 11.6 Å². The molecule has 1 heterocycles. The maximum Gasteiger partial charge on any atom is 0.319 e. The van der Waals surface area contributed by atoms with Crippen LogP contribution in [0.2, 0.25) is 5.02 Å². The molecule has 2 aromatic carbocycles. The van der Waals surface area contributed by atoms with Gasteiger partial charge in [-0.1, -0.05) is 23.7 Å². The molecule has 126 valence electrons. The van der Waals surface area contributed by atoms with E-state index in [1.165, 1.54) is 17.2 Å². The van der Waals surface area contributed by atoms with Crippen LogP contribution in [0.5, 0.6) is 0 Å². The Kier molecular flexibility index (Phi) is 5.88. The van der Waals surface area contributed by atoms with Gasteiger partial charge in [-0.25, -0.2) is 4.79 Å². The Balaban J connectivity index is 1.49. The highest BCUT2D eigenvalue weighted by Gasteiger charge is 2.10. The van der Waals surface area contributed by atoms with Crippen LogP contribution < -0.4 is 15.5 Å². The van der Waals surface area contributed by atoms with Gasteiger partial charge in [-0.2, -0.15) is 11.8 Å². The van der Waals surface area contributed by atoms with Crippen molar-refractivity contribution in [1.29, 1.82) is 0 Å². The molecule has 1 aliphatic heterocycles. The normalized spacial score (nSPS) is 14.3. The summed E-state index contributed by atoms with van der Waals surface area (Å²) in [5.74, 6) is 2.38. The number of hydrogen-bond acceptors (Lipinski definition) is 3. The van der Waals surface area contributed by atoms with Crippen LogP contribution in [-0.2, 0) is 6.54 Å². The molecule has 0 radical (unpaired) electrons. The van der Waals surface area contributed by atoms with Crippen molar-refractivity contribution in [2.24, 2.45) is 0 Å². The Bertz CT molecular complexity index is 670. The summed E-state index contributed by atoms with van der Waals surface area (Å²) < 4.78 is 0. The molecule has 2 amide bonds. The molecule has 4 nitrogen and oxygen atoms in total. The maximum atomic E-state index is 11.9. The van der Waals surface area contributed by atoms with Gasteiger partial charge in [-0.15, -0.1) is 0 Å². The molecule has 2 aromatic rings. The largest absolute Gasteiger partial charge is 0.370 e. The molecular weight excluding hydrogens is 342 g/mol. The molecule has 0 aliphatic carbocycles. The van der Waals surface area contributed by atoms with Crippen LogP contribution in [0.1, 0.15) is 5.56 Å². The van der Waals surface area contributed by atoms with E-state index >= 15 is 0 Å². The van der Waals surface area contributed by atoms with E-state index in [2.05, 4.69) is 39.8 Å².